The highest BCUT2D eigenvalue weighted by atomic mass is 32.2. The van der Waals surface area contributed by atoms with E-state index in [2.05, 4.69) is 16.5 Å². The molecular weight excluding hydrogens is 404 g/mol. The van der Waals surface area contributed by atoms with Gasteiger partial charge in [0, 0.05) is 31.9 Å². The second-order valence-corrected chi connectivity index (χ2v) is 9.28. The minimum atomic E-state index is -3.57. The molecule has 1 aromatic rings. The minimum absolute atomic E-state index is 0.0398. The first-order chi connectivity index (χ1) is 14.3. The van der Waals surface area contributed by atoms with Crippen LogP contribution in [0.1, 0.15) is 47.0 Å². The second kappa shape index (κ2) is 10.7. The van der Waals surface area contributed by atoms with Gasteiger partial charge in [-0.25, -0.2) is 18.4 Å². The minimum Gasteiger partial charge on any atom is -0.325 e. The highest BCUT2D eigenvalue weighted by molar-refractivity contribution is 7.89. The molecule has 0 bridgehead atoms. The number of pyridine rings is 1. The molecule has 30 heavy (non-hydrogen) atoms. The Morgan fingerprint density at radius 2 is 2.07 bits per heavy atom. The number of sulfonamides is 1. The molecule has 0 aromatic carbocycles. The molecular formula is C20H32N6O3S. The molecule has 0 saturated carbocycles. The molecule has 0 radical (unpaired) electrons. The molecule has 10 heteroatoms. The van der Waals surface area contributed by atoms with E-state index in [1.54, 1.807) is 29.8 Å². The van der Waals surface area contributed by atoms with E-state index in [4.69, 9.17) is 0 Å². The maximum atomic E-state index is 12.8. The third-order valence-corrected chi connectivity index (χ3v) is 7.52. The van der Waals surface area contributed by atoms with Gasteiger partial charge in [-0.2, -0.15) is 9.57 Å². The highest BCUT2D eigenvalue weighted by Crippen LogP contribution is 2.19. The van der Waals surface area contributed by atoms with Crippen LogP contribution in [0.4, 0.5) is 5.82 Å². The smallest absolute Gasteiger partial charge is 0.244 e. The predicted octanol–water partition coefficient (Wildman–Crippen LogP) is 2.05. The summed E-state index contributed by atoms with van der Waals surface area (Å²) in [6, 6.07) is 4.99. The van der Waals surface area contributed by atoms with E-state index in [-0.39, 0.29) is 29.4 Å². The van der Waals surface area contributed by atoms with Crippen LogP contribution >= 0.6 is 0 Å². The van der Waals surface area contributed by atoms with Gasteiger partial charge in [0.25, 0.3) is 0 Å². The van der Waals surface area contributed by atoms with Crippen molar-refractivity contribution in [2.24, 2.45) is 0 Å². The van der Waals surface area contributed by atoms with Crippen LogP contribution in [0, 0.1) is 11.3 Å². The molecule has 1 fully saturated rings. The summed E-state index contributed by atoms with van der Waals surface area (Å²) >= 11 is 0. The quantitative estimate of drug-likeness (QED) is 0.559. The topological polar surface area (TPSA) is 110 Å². The molecule has 1 saturated heterocycles. The average molecular weight is 437 g/mol. The van der Waals surface area contributed by atoms with Gasteiger partial charge in [0.15, 0.2) is 0 Å². The number of carbonyl (C=O) groups is 1. The Bertz CT molecular complexity index is 848. The summed E-state index contributed by atoms with van der Waals surface area (Å²) in [4.78, 5) is 18.8. The van der Waals surface area contributed by atoms with Crippen molar-refractivity contribution in [3.8, 4) is 6.07 Å². The Labute approximate surface area is 179 Å². The number of nitrogens with zero attached hydrogens (tertiary/aromatic N) is 5. The summed E-state index contributed by atoms with van der Waals surface area (Å²) in [5, 5.41) is 11.0. The summed E-state index contributed by atoms with van der Waals surface area (Å²) in [5.41, 5.74) is 3.14. The number of carbonyl (C=O) groups excluding carboxylic acids is 1. The summed E-state index contributed by atoms with van der Waals surface area (Å²) in [6.07, 6.45) is 3.68. The molecule has 0 aliphatic carbocycles. The highest BCUT2D eigenvalue weighted by Gasteiger charge is 2.30. The molecule has 2 atom stereocenters. The SMILES string of the molecule is CC[C@H](C)N(CC(=O)N1CCCC1C#N)Nc1ccc(S(=O)(=O)N(CC)CC)cn1. The van der Waals surface area contributed by atoms with Gasteiger partial charge >= 0.3 is 0 Å². The number of hydrogen-bond acceptors (Lipinski definition) is 7. The molecule has 2 rings (SSSR count). The van der Waals surface area contributed by atoms with Gasteiger partial charge in [-0.15, -0.1) is 0 Å². The Kier molecular flexibility index (Phi) is 8.58. The zero-order valence-electron chi connectivity index (χ0n) is 18.2. The number of rotatable bonds is 10. The molecule has 1 aliphatic rings. The van der Waals surface area contributed by atoms with Crippen LogP contribution in [0.25, 0.3) is 0 Å². The van der Waals surface area contributed by atoms with E-state index >= 15 is 0 Å². The number of likely N-dealkylation sites (tertiary alicyclic amines) is 1. The maximum Gasteiger partial charge on any atom is 0.244 e. The molecule has 166 valence electrons. The van der Waals surface area contributed by atoms with Gasteiger partial charge in [-0.3, -0.25) is 4.79 Å². The summed E-state index contributed by atoms with van der Waals surface area (Å²) in [6.45, 7) is 9.09. The van der Waals surface area contributed by atoms with Gasteiger partial charge in [0.1, 0.15) is 16.8 Å². The van der Waals surface area contributed by atoms with E-state index in [0.717, 1.165) is 12.8 Å². The second-order valence-electron chi connectivity index (χ2n) is 7.34. The zero-order valence-corrected chi connectivity index (χ0v) is 19.0. The first-order valence-corrected chi connectivity index (χ1v) is 11.9. The molecule has 9 nitrogen and oxygen atoms in total. The molecule has 1 N–H and O–H groups in total. The van der Waals surface area contributed by atoms with Gasteiger partial charge in [0.2, 0.25) is 15.9 Å². The van der Waals surface area contributed by atoms with Crippen molar-refractivity contribution in [3.63, 3.8) is 0 Å². The first-order valence-electron chi connectivity index (χ1n) is 10.5. The molecule has 1 aromatic heterocycles. The molecule has 1 amide bonds. The van der Waals surface area contributed by atoms with Crippen LogP contribution in [-0.4, -0.2) is 71.8 Å². The van der Waals surface area contributed by atoms with E-state index in [1.807, 2.05) is 13.8 Å². The van der Waals surface area contributed by atoms with Gasteiger partial charge in [0.05, 0.1) is 12.6 Å². The van der Waals surface area contributed by atoms with Crippen molar-refractivity contribution in [2.45, 2.75) is 63.9 Å². The van der Waals surface area contributed by atoms with Gasteiger partial charge in [-0.05, 0) is 38.3 Å². The molecule has 1 unspecified atom stereocenters. The number of hydrazine groups is 1. The Morgan fingerprint density at radius 1 is 1.37 bits per heavy atom. The lowest BCUT2D eigenvalue weighted by atomic mass is 10.2. The molecule has 1 aliphatic heterocycles. The fraction of sp³-hybridized carbons (Fsp3) is 0.650. The van der Waals surface area contributed by atoms with Crippen molar-refractivity contribution >= 4 is 21.7 Å². The standard InChI is InChI=1S/C20H32N6O3S/c1-5-16(4)26(15-20(27)25-12-8-9-17(25)13-21)23-19-11-10-18(14-22-19)30(28,29)24(6-2)7-3/h10-11,14,16-17H,5-9,12,15H2,1-4H3,(H,22,23)/t16-,17?/m0/s1. The van der Waals surface area contributed by atoms with E-state index in [1.165, 1.54) is 16.6 Å². The van der Waals surface area contributed by atoms with Gasteiger partial charge in [-0.1, -0.05) is 20.8 Å². The largest absolute Gasteiger partial charge is 0.325 e. The lowest BCUT2D eigenvalue weighted by Gasteiger charge is -2.31. The van der Waals surface area contributed by atoms with Crippen LogP contribution in [0.3, 0.4) is 0 Å². The van der Waals surface area contributed by atoms with Crippen molar-refractivity contribution in [1.29, 1.82) is 5.26 Å². The van der Waals surface area contributed by atoms with E-state index in [9.17, 15) is 18.5 Å². The monoisotopic (exact) mass is 436 g/mol. The lowest BCUT2D eigenvalue weighted by molar-refractivity contribution is -0.132. The fourth-order valence-corrected chi connectivity index (χ4v) is 4.82. The summed E-state index contributed by atoms with van der Waals surface area (Å²) < 4.78 is 26.6. The van der Waals surface area contributed by atoms with Crippen molar-refractivity contribution in [1.82, 2.24) is 19.2 Å². The maximum absolute atomic E-state index is 12.8. The Hall–Kier alpha value is -2.22. The van der Waals surface area contributed by atoms with E-state index < -0.39 is 10.0 Å². The lowest BCUT2D eigenvalue weighted by Crippen LogP contribution is -2.47. The first kappa shape index (κ1) is 24.1. The van der Waals surface area contributed by atoms with Crippen LogP contribution in [0.2, 0.25) is 0 Å². The van der Waals surface area contributed by atoms with Crippen LogP contribution in [0.15, 0.2) is 23.2 Å². The van der Waals surface area contributed by atoms with Crippen LogP contribution in [-0.2, 0) is 14.8 Å². The van der Waals surface area contributed by atoms with Crippen molar-refractivity contribution < 1.29 is 13.2 Å². The number of aromatic nitrogens is 1. The van der Waals surface area contributed by atoms with Crippen LogP contribution in [0.5, 0.6) is 0 Å². The van der Waals surface area contributed by atoms with E-state index in [0.29, 0.717) is 31.9 Å². The normalized spacial score (nSPS) is 17.9. The number of amides is 1. The Balaban J connectivity index is 2.13. The van der Waals surface area contributed by atoms with Crippen LogP contribution < -0.4 is 5.43 Å². The number of hydrogen-bond donors (Lipinski definition) is 1. The summed E-state index contributed by atoms with van der Waals surface area (Å²) in [7, 11) is -3.57. The molecule has 0 spiro atoms. The zero-order chi connectivity index (χ0) is 22.3. The number of anilines is 1. The van der Waals surface area contributed by atoms with Crippen molar-refractivity contribution in [2.75, 3.05) is 31.6 Å². The molecule has 2 heterocycles. The van der Waals surface area contributed by atoms with Crippen molar-refractivity contribution in [3.05, 3.63) is 18.3 Å². The number of nitriles is 1. The number of nitrogens with one attached hydrogen (secondary N) is 1. The Morgan fingerprint density at radius 3 is 2.60 bits per heavy atom. The third-order valence-electron chi connectivity index (χ3n) is 5.49. The average Bonchev–Trinajstić information content (AvgIpc) is 3.22. The summed E-state index contributed by atoms with van der Waals surface area (Å²) in [5.74, 6) is 0.354. The fourth-order valence-electron chi connectivity index (χ4n) is 3.42. The predicted molar refractivity (Wildman–Crippen MR) is 115 cm³/mol. The third kappa shape index (κ3) is 5.47. The van der Waals surface area contributed by atoms with Gasteiger partial charge < -0.3 is 10.3 Å².